The molecule has 1 atom stereocenters. The van der Waals surface area contributed by atoms with Gasteiger partial charge in [-0.2, -0.15) is 0 Å². The molecular formula is C22H24ClFN2O2. The van der Waals surface area contributed by atoms with Crippen molar-refractivity contribution >= 4 is 23.4 Å². The quantitative estimate of drug-likeness (QED) is 0.705. The molecular weight excluding hydrogens is 379 g/mol. The summed E-state index contributed by atoms with van der Waals surface area (Å²) >= 11 is 5.95. The molecule has 6 heteroatoms. The number of rotatable bonds is 8. The second-order valence-corrected chi connectivity index (χ2v) is 7.79. The Balaban J connectivity index is 1.50. The van der Waals surface area contributed by atoms with Gasteiger partial charge in [0.2, 0.25) is 11.8 Å². The molecule has 0 saturated carbocycles. The van der Waals surface area contributed by atoms with Crippen molar-refractivity contribution in [2.75, 3.05) is 6.54 Å². The zero-order valence-corrected chi connectivity index (χ0v) is 16.4. The molecule has 0 aromatic heterocycles. The molecule has 3 rings (SSSR count). The zero-order chi connectivity index (χ0) is 20.0. The number of carbonyl (C=O) groups excluding carboxylic acids is 2. The molecule has 1 heterocycles. The van der Waals surface area contributed by atoms with Gasteiger partial charge >= 0.3 is 0 Å². The Morgan fingerprint density at radius 2 is 1.79 bits per heavy atom. The average Bonchev–Trinajstić information content (AvgIpc) is 3.04. The van der Waals surface area contributed by atoms with Gasteiger partial charge in [0.25, 0.3) is 0 Å². The summed E-state index contributed by atoms with van der Waals surface area (Å²) in [4.78, 5) is 24.1. The lowest BCUT2D eigenvalue weighted by Crippen LogP contribution is -2.44. The number of benzene rings is 2. The van der Waals surface area contributed by atoms with Crippen LogP contribution in [0.5, 0.6) is 0 Å². The van der Waals surface area contributed by atoms with Gasteiger partial charge < -0.3 is 10.6 Å². The van der Waals surface area contributed by atoms with Crippen molar-refractivity contribution in [1.82, 2.24) is 10.6 Å². The fourth-order valence-corrected chi connectivity index (χ4v) is 3.74. The van der Waals surface area contributed by atoms with E-state index < -0.39 is 0 Å². The summed E-state index contributed by atoms with van der Waals surface area (Å²) in [6, 6.07) is 13.9. The number of nitrogens with one attached hydrogen (secondary N) is 2. The minimum Gasteiger partial charge on any atom is -0.356 e. The van der Waals surface area contributed by atoms with Crippen LogP contribution in [0.2, 0.25) is 5.02 Å². The lowest BCUT2D eigenvalue weighted by molar-refractivity contribution is -0.122. The van der Waals surface area contributed by atoms with Gasteiger partial charge in [-0.3, -0.25) is 9.59 Å². The van der Waals surface area contributed by atoms with Crippen molar-refractivity contribution in [3.63, 3.8) is 0 Å². The molecule has 1 saturated heterocycles. The zero-order valence-electron chi connectivity index (χ0n) is 15.6. The lowest BCUT2D eigenvalue weighted by Gasteiger charge is -2.29. The monoisotopic (exact) mass is 402 g/mol. The first-order valence-electron chi connectivity index (χ1n) is 9.51. The third-order valence-corrected chi connectivity index (χ3v) is 5.42. The summed E-state index contributed by atoms with van der Waals surface area (Å²) < 4.78 is 12.9. The molecule has 4 nitrogen and oxygen atoms in total. The highest BCUT2D eigenvalue weighted by Crippen LogP contribution is 2.30. The molecule has 1 unspecified atom stereocenters. The van der Waals surface area contributed by atoms with E-state index in [0.29, 0.717) is 43.7 Å². The van der Waals surface area contributed by atoms with Crippen LogP contribution in [-0.2, 0) is 22.4 Å². The molecule has 28 heavy (non-hydrogen) atoms. The van der Waals surface area contributed by atoms with E-state index in [4.69, 9.17) is 11.6 Å². The summed E-state index contributed by atoms with van der Waals surface area (Å²) in [5.74, 6) is -0.276. The van der Waals surface area contributed by atoms with Crippen LogP contribution in [-0.4, -0.2) is 23.9 Å². The maximum absolute atomic E-state index is 12.9. The number of carbonyl (C=O) groups is 2. The van der Waals surface area contributed by atoms with Crippen molar-refractivity contribution in [1.29, 1.82) is 0 Å². The smallest absolute Gasteiger partial charge is 0.220 e. The summed E-state index contributed by atoms with van der Waals surface area (Å²) in [5, 5.41) is 6.67. The Labute approximate surface area is 169 Å². The van der Waals surface area contributed by atoms with E-state index >= 15 is 0 Å². The van der Waals surface area contributed by atoms with Gasteiger partial charge in [0.05, 0.1) is 0 Å². The van der Waals surface area contributed by atoms with Gasteiger partial charge in [-0.25, -0.2) is 4.39 Å². The van der Waals surface area contributed by atoms with Crippen LogP contribution in [0.1, 0.15) is 36.8 Å². The highest BCUT2D eigenvalue weighted by Gasteiger charge is 2.37. The van der Waals surface area contributed by atoms with E-state index in [9.17, 15) is 14.0 Å². The molecule has 1 fully saturated rings. The van der Waals surface area contributed by atoms with Crippen molar-refractivity contribution in [2.24, 2.45) is 0 Å². The second kappa shape index (κ2) is 9.20. The normalized spacial score (nSPS) is 18.7. The van der Waals surface area contributed by atoms with Crippen LogP contribution in [0, 0.1) is 5.82 Å². The van der Waals surface area contributed by atoms with Crippen LogP contribution in [0.25, 0.3) is 0 Å². The fraction of sp³-hybridized carbons (Fsp3) is 0.364. The Morgan fingerprint density at radius 3 is 2.43 bits per heavy atom. The summed E-state index contributed by atoms with van der Waals surface area (Å²) in [5.41, 5.74) is 1.67. The van der Waals surface area contributed by atoms with Crippen LogP contribution in [0.15, 0.2) is 48.5 Å². The van der Waals surface area contributed by atoms with Crippen LogP contribution >= 0.6 is 11.6 Å². The van der Waals surface area contributed by atoms with Gasteiger partial charge in [-0.05, 0) is 61.1 Å². The Bertz CT molecular complexity index is 823. The molecule has 2 amide bonds. The number of hydrogen-bond donors (Lipinski definition) is 2. The average molecular weight is 403 g/mol. The summed E-state index contributed by atoms with van der Waals surface area (Å²) in [6.45, 7) is 0.501. The Hall–Kier alpha value is -2.40. The molecule has 1 aliphatic heterocycles. The molecule has 0 spiro atoms. The van der Waals surface area contributed by atoms with E-state index in [1.807, 2.05) is 24.3 Å². The van der Waals surface area contributed by atoms with E-state index in [-0.39, 0.29) is 23.2 Å². The molecule has 0 bridgehead atoms. The Morgan fingerprint density at radius 1 is 1.11 bits per heavy atom. The van der Waals surface area contributed by atoms with E-state index in [0.717, 1.165) is 17.5 Å². The standard InChI is InChI=1S/C22H24ClFN2O2/c23-18-5-1-17(2-6-18)15-22(13-10-21(28)26-22)12-9-20(27)25-14-11-16-3-7-19(24)8-4-16/h1-8H,9-15H2,(H,25,27)(H,26,28). The molecule has 2 N–H and O–H groups in total. The second-order valence-electron chi connectivity index (χ2n) is 7.36. The van der Waals surface area contributed by atoms with Crippen molar-refractivity contribution in [3.8, 4) is 0 Å². The predicted molar refractivity (Wildman–Crippen MR) is 108 cm³/mol. The third-order valence-electron chi connectivity index (χ3n) is 5.17. The van der Waals surface area contributed by atoms with Crippen molar-refractivity contribution in [3.05, 3.63) is 70.5 Å². The van der Waals surface area contributed by atoms with Gasteiger partial charge in [0.15, 0.2) is 0 Å². The van der Waals surface area contributed by atoms with E-state index in [1.54, 1.807) is 12.1 Å². The first-order chi connectivity index (χ1) is 13.4. The van der Waals surface area contributed by atoms with Crippen molar-refractivity contribution in [2.45, 2.75) is 44.1 Å². The fourth-order valence-electron chi connectivity index (χ4n) is 3.61. The van der Waals surface area contributed by atoms with Gasteiger partial charge in [0, 0.05) is 29.9 Å². The maximum Gasteiger partial charge on any atom is 0.220 e. The van der Waals surface area contributed by atoms with E-state index in [2.05, 4.69) is 10.6 Å². The van der Waals surface area contributed by atoms with Gasteiger partial charge in [-0.15, -0.1) is 0 Å². The van der Waals surface area contributed by atoms with Crippen LogP contribution < -0.4 is 10.6 Å². The topological polar surface area (TPSA) is 58.2 Å². The maximum atomic E-state index is 12.9. The highest BCUT2D eigenvalue weighted by molar-refractivity contribution is 6.30. The summed E-state index contributed by atoms with van der Waals surface area (Å²) in [7, 11) is 0. The molecule has 1 aliphatic rings. The highest BCUT2D eigenvalue weighted by atomic mass is 35.5. The molecule has 148 valence electrons. The predicted octanol–water partition coefficient (Wildman–Crippen LogP) is 3.81. The van der Waals surface area contributed by atoms with E-state index in [1.165, 1.54) is 12.1 Å². The first-order valence-corrected chi connectivity index (χ1v) is 9.89. The van der Waals surface area contributed by atoms with Crippen LogP contribution in [0.3, 0.4) is 0 Å². The molecule has 0 radical (unpaired) electrons. The van der Waals surface area contributed by atoms with Gasteiger partial charge in [-0.1, -0.05) is 35.9 Å². The molecule has 2 aromatic carbocycles. The van der Waals surface area contributed by atoms with Gasteiger partial charge in [0.1, 0.15) is 5.82 Å². The third kappa shape index (κ3) is 5.80. The largest absolute Gasteiger partial charge is 0.356 e. The van der Waals surface area contributed by atoms with Crippen molar-refractivity contribution < 1.29 is 14.0 Å². The number of amides is 2. The number of hydrogen-bond acceptors (Lipinski definition) is 2. The SMILES string of the molecule is O=C(CCC1(Cc2ccc(Cl)cc2)CCC(=O)N1)NCCc1ccc(F)cc1. The van der Waals surface area contributed by atoms with Crippen LogP contribution in [0.4, 0.5) is 4.39 Å². The first kappa shape index (κ1) is 20.3. The molecule has 0 aliphatic carbocycles. The summed E-state index contributed by atoms with van der Waals surface area (Å²) in [6.07, 6.45) is 3.47. The minimum atomic E-state index is -0.390. The lowest BCUT2D eigenvalue weighted by atomic mass is 9.85. The number of halogens is 2. The molecule has 2 aromatic rings. The Kier molecular flexibility index (Phi) is 6.68. The minimum absolute atomic E-state index is 0.0330.